The van der Waals surface area contributed by atoms with E-state index in [1.807, 2.05) is 25.1 Å². The zero-order valence-corrected chi connectivity index (χ0v) is 10.0. The maximum absolute atomic E-state index is 12.0. The van der Waals surface area contributed by atoms with Crippen molar-refractivity contribution in [1.82, 2.24) is 5.32 Å². The summed E-state index contributed by atoms with van der Waals surface area (Å²) in [5.74, 6) is 0.115. The summed E-state index contributed by atoms with van der Waals surface area (Å²) in [5, 5.41) is 2.95. The predicted octanol–water partition coefficient (Wildman–Crippen LogP) is 2.10. The van der Waals surface area contributed by atoms with Gasteiger partial charge in [0.05, 0.1) is 0 Å². The number of rotatable bonds is 5. The normalized spacial score (nSPS) is 14.4. The number of amides is 1. The first kappa shape index (κ1) is 11.8. The van der Waals surface area contributed by atoms with Crippen molar-refractivity contribution in [1.29, 1.82) is 0 Å². The second-order valence-corrected chi connectivity index (χ2v) is 4.47. The van der Waals surface area contributed by atoms with Gasteiger partial charge in [0, 0.05) is 24.4 Å². The quantitative estimate of drug-likeness (QED) is 0.843. The van der Waals surface area contributed by atoms with Crippen molar-refractivity contribution < 1.29 is 9.59 Å². The van der Waals surface area contributed by atoms with E-state index in [2.05, 4.69) is 5.32 Å². The van der Waals surface area contributed by atoms with Crippen molar-refractivity contribution in [2.45, 2.75) is 38.6 Å². The lowest BCUT2D eigenvalue weighted by Gasteiger charge is -2.08. The maximum Gasteiger partial charge on any atom is 0.251 e. The molecule has 0 saturated heterocycles. The number of carbonyl (C=O) groups is 2. The Hall–Kier alpha value is -1.64. The Labute approximate surface area is 101 Å². The van der Waals surface area contributed by atoms with Gasteiger partial charge >= 0.3 is 0 Å². The van der Waals surface area contributed by atoms with E-state index >= 15 is 0 Å². The van der Waals surface area contributed by atoms with Crippen LogP contribution in [0.5, 0.6) is 0 Å². The molecule has 1 aromatic rings. The molecular weight excluding hydrogens is 214 g/mol. The summed E-state index contributed by atoms with van der Waals surface area (Å²) in [6.45, 7) is 1.84. The maximum atomic E-state index is 12.0. The van der Waals surface area contributed by atoms with Gasteiger partial charge in [-0.15, -0.1) is 0 Å². The number of hydrogen-bond acceptors (Lipinski definition) is 2. The third kappa shape index (κ3) is 3.16. The largest absolute Gasteiger partial charge is 0.349 e. The van der Waals surface area contributed by atoms with Gasteiger partial charge in [0.15, 0.2) is 0 Å². The van der Waals surface area contributed by atoms with Crippen LogP contribution in [0.1, 0.15) is 42.1 Å². The summed E-state index contributed by atoms with van der Waals surface area (Å²) < 4.78 is 0. The van der Waals surface area contributed by atoms with Gasteiger partial charge in [-0.1, -0.05) is 25.1 Å². The SMILES string of the molecule is CCC(=O)Cc1ccccc1C(=O)NC1CC1. The summed E-state index contributed by atoms with van der Waals surface area (Å²) >= 11 is 0. The Balaban J connectivity index is 2.13. The molecule has 1 aromatic carbocycles. The molecule has 0 unspecified atom stereocenters. The molecular formula is C14H17NO2. The fraction of sp³-hybridized carbons (Fsp3) is 0.429. The summed E-state index contributed by atoms with van der Waals surface area (Å²) in [6.07, 6.45) is 3.01. The van der Waals surface area contributed by atoms with Gasteiger partial charge in [0.2, 0.25) is 0 Å². The van der Waals surface area contributed by atoms with E-state index in [4.69, 9.17) is 0 Å². The molecule has 3 heteroatoms. The molecule has 1 N–H and O–H groups in total. The first-order chi connectivity index (χ1) is 8.20. The molecule has 0 heterocycles. The monoisotopic (exact) mass is 231 g/mol. The highest BCUT2D eigenvalue weighted by Crippen LogP contribution is 2.20. The first-order valence-corrected chi connectivity index (χ1v) is 6.11. The van der Waals surface area contributed by atoms with Crippen LogP contribution in [0.3, 0.4) is 0 Å². The number of carbonyl (C=O) groups excluding carboxylic acids is 2. The van der Waals surface area contributed by atoms with Crippen molar-refractivity contribution >= 4 is 11.7 Å². The molecule has 0 bridgehead atoms. The lowest BCUT2D eigenvalue weighted by atomic mass is 10.0. The average Bonchev–Trinajstić information content (AvgIpc) is 3.13. The van der Waals surface area contributed by atoms with Crippen LogP contribution in [0.25, 0.3) is 0 Å². The minimum Gasteiger partial charge on any atom is -0.349 e. The Morgan fingerprint density at radius 1 is 1.29 bits per heavy atom. The van der Waals surface area contributed by atoms with Gasteiger partial charge < -0.3 is 5.32 Å². The Morgan fingerprint density at radius 2 is 2.00 bits per heavy atom. The molecule has 1 fully saturated rings. The minimum absolute atomic E-state index is 0.0491. The summed E-state index contributed by atoms with van der Waals surface area (Å²) in [4.78, 5) is 23.4. The van der Waals surface area contributed by atoms with Crippen LogP contribution in [0.2, 0.25) is 0 Å². The van der Waals surface area contributed by atoms with Gasteiger partial charge in [-0.05, 0) is 24.5 Å². The molecule has 3 nitrogen and oxygen atoms in total. The fourth-order valence-electron chi connectivity index (χ4n) is 1.72. The van der Waals surface area contributed by atoms with Crippen LogP contribution in [0.15, 0.2) is 24.3 Å². The lowest BCUT2D eigenvalue weighted by molar-refractivity contribution is -0.118. The average molecular weight is 231 g/mol. The number of nitrogens with one attached hydrogen (secondary N) is 1. The van der Waals surface area contributed by atoms with Crippen molar-refractivity contribution in [2.24, 2.45) is 0 Å². The molecule has 0 atom stereocenters. The van der Waals surface area contributed by atoms with Gasteiger partial charge in [-0.2, -0.15) is 0 Å². The molecule has 90 valence electrons. The van der Waals surface area contributed by atoms with Gasteiger partial charge in [-0.3, -0.25) is 9.59 Å². The molecule has 0 aromatic heterocycles. The Bertz CT molecular complexity index is 436. The van der Waals surface area contributed by atoms with Crippen molar-refractivity contribution in [2.75, 3.05) is 0 Å². The number of benzene rings is 1. The van der Waals surface area contributed by atoms with E-state index in [1.165, 1.54) is 0 Å². The molecule has 17 heavy (non-hydrogen) atoms. The molecule has 0 spiro atoms. The van der Waals surface area contributed by atoms with Crippen molar-refractivity contribution in [3.05, 3.63) is 35.4 Å². The number of ketones is 1. The Kier molecular flexibility index (Phi) is 3.57. The van der Waals surface area contributed by atoms with E-state index in [1.54, 1.807) is 6.07 Å². The van der Waals surface area contributed by atoms with Crippen molar-refractivity contribution in [3.63, 3.8) is 0 Å². The third-order valence-corrected chi connectivity index (χ3v) is 2.96. The molecule has 1 aliphatic carbocycles. The summed E-state index contributed by atoms with van der Waals surface area (Å²) in [5.41, 5.74) is 1.47. The first-order valence-electron chi connectivity index (χ1n) is 6.11. The molecule has 1 saturated carbocycles. The molecule has 1 aliphatic rings. The third-order valence-electron chi connectivity index (χ3n) is 2.96. The second-order valence-electron chi connectivity index (χ2n) is 4.47. The van der Waals surface area contributed by atoms with Crippen LogP contribution >= 0.6 is 0 Å². The smallest absolute Gasteiger partial charge is 0.251 e. The van der Waals surface area contributed by atoms with Crippen LogP contribution < -0.4 is 5.32 Å². The van der Waals surface area contributed by atoms with Crippen LogP contribution in [0.4, 0.5) is 0 Å². The zero-order valence-electron chi connectivity index (χ0n) is 10.0. The van der Waals surface area contributed by atoms with Crippen LogP contribution in [0, 0.1) is 0 Å². The van der Waals surface area contributed by atoms with E-state index in [0.29, 0.717) is 24.4 Å². The fourth-order valence-corrected chi connectivity index (χ4v) is 1.72. The van der Waals surface area contributed by atoms with E-state index in [9.17, 15) is 9.59 Å². The molecule has 0 aliphatic heterocycles. The highest BCUT2D eigenvalue weighted by atomic mass is 16.1. The molecule has 1 amide bonds. The molecule has 0 radical (unpaired) electrons. The lowest BCUT2D eigenvalue weighted by Crippen LogP contribution is -2.26. The van der Waals surface area contributed by atoms with E-state index < -0.39 is 0 Å². The second kappa shape index (κ2) is 5.13. The van der Waals surface area contributed by atoms with E-state index in [-0.39, 0.29) is 11.7 Å². The van der Waals surface area contributed by atoms with Gasteiger partial charge in [0.1, 0.15) is 5.78 Å². The van der Waals surface area contributed by atoms with Gasteiger partial charge in [-0.25, -0.2) is 0 Å². The zero-order chi connectivity index (χ0) is 12.3. The minimum atomic E-state index is -0.0491. The Morgan fingerprint density at radius 3 is 2.65 bits per heavy atom. The highest BCUT2D eigenvalue weighted by Gasteiger charge is 2.24. The van der Waals surface area contributed by atoms with Gasteiger partial charge in [0.25, 0.3) is 5.91 Å². The summed E-state index contributed by atoms with van der Waals surface area (Å²) in [6, 6.07) is 7.69. The van der Waals surface area contributed by atoms with Crippen LogP contribution in [-0.2, 0) is 11.2 Å². The van der Waals surface area contributed by atoms with Crippen molar-refractivity contribution in [3.8, 4) is 0 Å². The number of hydrogen-bond donors (Lipinski definition) is 1. The van der Waals surface area contributed by atoms with Crippen LogP contribution in [-0.4, -0.2) is 17.7 Å². The highest BCUT2D eigenvalue weighted by molar-refractivity contribution is 5.97. The van der Waals surface area contributed by atoms with E-state index in [0.717, 1.165) is 18.4 Å². The standard InChI is InChI=1S/C14H17NO2/c1-2-12(16)9-10-5-3-4-6-13(10)14(17)15-11-7-8-11/h3-6,11H,2,7-9H2,1H3,(H,15,17). The summed E-state index contributed by atoms with van der Waals surface area (Å²) in [7, 11) is 0. The number of Topliss-reactive ketones (excluding diaryl/α,β-unsaturated/α-hetero) is 1. The predicted molar refractivity (Wildman–Crippen MR) is 65.9 cm³/mol. The topological polar surface area (TPSA) is 46.2 Å². The molecule has 2 rings (SSSR count).